The van der Waals surface area contributed by atoms with E-state index in [0.29, 0.717) is 23.7 Å². The van der Waals surface area contributed by atoms with Crippen LogP contribution in [0.1, 0.15) is 34.9 Å². The lowest BCUT2D eigenvalue weighted by atomic mass is 9.87. The highest BCUT2D eigenvalue weighted by Gasteiger charge is 2.32. The minimum absolute atomic E-state index is 0.136. The molecule has 3 heterocycles. The van der Waals surface area contributed by atoms with E-state index in [1.807, 2.05) is 49.4 Å². The number of pyridine rings is 2. The molecule has 0 radical (unpaired) electrons. The van der Waals surface area contributed by atoms with Crippen LogP contribution in [0.2, 0.25) is 0 Å². The van der Waals surface area contributed by atoms with Crippen molar-refractivity contribution in [3.63, 3.8) is 0 Å². The molecule has 0 bridgehead atoms. The molecule has 1 aromatic carbocycles. The monoisotopic (exact) mass is 376 g/mol. The highest BCUT2D eigenvalue weighted by atomic mass is 16.5. The van der Waals surface area contributed by atoms with E-state index >= 15 is 0 Å². The molecule has 0 unspecified atom stereocenters. The van der Waals surface area contributed by atoms with Crippen LogP contribution in [0.15, 0.2) is 59.5 Å². The first-order valence-electron chi connectivity index (χ1n) is 9.07. The van der Waals surface area contributed by atoms with E-state index in [4.69, 9.17) is 9.47 Å². The lowest BCUT2D eigenvalue weighted by Crippen LogP contribution is -2.31. The van der Waals surface area contributed by atoms with Gasteiger partial charge >= 0.3 is 5.97 Å². The number of aryl methyl sites for hydroxylation is 1. The van der Waals surface area contributed by atoms with Crippen LogP contribution in [0.25, 0.3) is 0 Å². The van der Waals surface area contributed by atoms with Crippen LogP contribution in [-0.4, -0.2) is 15.5 Å². The van der Waals surface area contributed by atoms with E-state index in [9.17, 15) is 9.59 Å². The zero-order chi connectivity index (χ0) is 19.7. The van der Waals surface area contributed by atoms with Crippen LogP contribution < -0.4 is 15.0 Å². The van der Waals surface area contributed by atoms with Crippen LogP contribution in [-0.2, 0) is 18.4 Å². The highest BCUT2D eigenvalue weighted by molar-refractivity contribution is 5.77. The maximum absolute atomic E-state index is 12.8. The molecule has 0 N–H and O–H groups in total. The van der Waals surface area contributed by atoms with Crippen molar-refractivity contribution < 1.29 is 14.3 Å². The zero-order valence-corrected chi connectivity index (χ0v) is 15.7. The van der Waals surface area contributed by atoms with Gasteiger partial charge in [-0.1, -0.05) is 18.2 Å². The van der Waals surface area contributed by atoms with Crippen LogP contribution in [0.3, 0.4) is 0 Å². The zero-order valence-electron chi connectivity index (χ0n) is 15.7. The summed E-state index contributed by atoms with van der Waals surface area (Å²) in [6, 6.07) is 14.9. The maximum atomic E-state index is 12.8. The van der Waals surface area contributed by atoms with Gasteiger partial charge in [-0.25, -0.2) is 0 Å². The molecule has 6 nitrogen and oxygen atoms in total. The number of hydrogen-bond donors (Lipinski definition) is 0. The number of fused-ring (bicyclic) bond motifs is 1. The van der Waals surface area contributed by atoms with Gasteiger partial charge in [-0.05, 0) is 36.8 Å². The predicted molar refractivity (Wildman–Crippen MR) is 104 cm³/mol. The van der Waals surface area contributed by atoms with Crippen LogP contribution in [0.5, 0.6) is 11.5 Å². The minimum Gasteiger partial charge on any atom is -0.487 e. The van der Waals surface area contributed by atoms with Crippen molar-refractivity contribution in [1.29, 1.82) is 0 Å². The van der Waals surface area contributed by atoms with E-state index in [1.54, 1.807) is 23.9 Å². The number of rotatable bonds is 4. The molecule has 0 fully saturated rings. The molecule has 0 amide bonds. The summed E-state index contributed by atoms with van der Waals surface area (Å²) in [5.41, 5.74) is 2.85. The second kappa shape index (κ2) is 7.31. The first kappa shape index (κ1) is 18.0. The average Bonchev–Trinajstić information content (AvgIpc) is 2.71. The number of ether oxygens (including phenoxy) is 2. The third-order valence-electron chi connectivity index (χ3n) is 5.01. The Morgan fingerprint density at radius 3 is 2.68 bits per heavy atom. The van der Waals surface area contributed by atoms with Gasteiger partial charge in [-0.15, -0.1) is 0 Å². The Hall–Kier alpha value is -3.41. The molecule has 4 rings (SSSR count). The van der Waals surface area contributed by atoms with E-state index < -0.39 is 0 Å². The van der Waals surface area contributed by atoms with E-state index in [-0.39, 0.29) is 23.9 Å². The molecule has 0 saturated carbocycles. The van der Waals surface area contributed by atoms with Gasteiger partial charge in [0.1, 0.15) is 18.1 Å². The molecule has 1 aliphatic rings. The van der Waals surface area contributed by atoms with Crippen molar-refractivity contribution >= 4 is 5.97 Å². The fourth-order valence-electron chi connectivity index (χ4n) is 3.37. The minimum atomic E-state index is -0.333. The SMILES string of the molecule is Cc1cc2c(c(=O)n1C)[C@@H](c1ccc(OCc3ccccn3)cc1)CC(=O)O2. The highest BCUT2D eigenvalue weighted by Crippen LogP contribution is 2.37. The summed E-state index contributed by atoms with van der Waals surface area (Å²) in [4.78, 5) is 29.1. The van der Waals surface area contributed by atoms with Crippen LogP contribution >= 0.6 is 0 Å². The lowest BCUT2D eigenvalue weighted by Gasteiger charge is -2.25. The molecule has 0 aliphatic carbocycles. The fourth-order valence-corrected chi connectivity index (χ4v) is 3.37. The van der Waals surface area contributed by atoms with Gasteiger partial charge in [-0.3, -0.25) is 14.6 Å². The van der Waals surface area contributed by atoms with Gasteiger partial charge in [-0.2, -0.15) is 0 Å². The normalized spacial score (nSPS) is 15.6. The van der Waals surface area contributed by atoms with Crippen molar-refractivity contribution in [2.24, 2.45) is 7.05 Å². The van der Waals surface area contributed by atoms with Crippen molar-refractivity contribution in [3.8, 4) is 11.5 Å². The number of nitrogens with zero attached hydrogens (tertiary/aromatic N) is 2. The third-order valence-corrected chi connectivity index (χ3v) is 5.01. The third kappa shape index (κ3) is 3.41. The molecule has 1 atom stereocenters. The summed E-state index contributed by atoms with van der Waals surface area (Å²) in [5.74, 6) is 0.392. The molecule has 28 heavy (non-hydrogen) atoms. The molecule has 3 aromatic rings. The molecule has 2 aromatic heterocycles. The smallest absolute Gasteiger partial charge is 0.312 e. The second-order valence-electron chi connectivity index (χ2n) is 6.84. The Morgan fingerprint density at radius 1 is 1.18 bits per heavy atom. The van der Waals surface area contributed by atoms with Gasteiger partial charge in [0, 0.05) is 30.9 Å². The number of carbonyl (C=O) groups excluding carboxylic acids is 1. The van der Waals surface area contributed by atoms with Gasteiger partial charge in [0.25, 0.3) is 5.56 Å². The Bertz CT molecular complexity index is 1070. The molecule has 142 valence electrons. The molecular formula is C22H20N2O4. The first-order chi connectivity index (χ1) is 13.5. The number of carbonyl (C=O) groups is 1. The average molecular weight is 376 g/mol. The van der Waals surface area contributed by atoms with Crippen LogP contribution in [0, 0.1) is 6.92 Å². The van der Waals surface area contributed by atoms with Gasteiger partial charge < -0.3 is 14.0 Å². The Kier molecular flexibility index (Phi) is 4.69. The molecule has 1 aliphatic heterocycles. The summed E-state index contributed by atoms with van der Waals surface area (Å²) in [6.07, 6.45) is 1.86. The maximum Gasteiger partial charge on any atom is 0.312 e. The molecule has 0 saturated heterocycles. The second-order valence-corrected chi connectivity index (χ2v) is 6.84. The number of benzene rings is 1. The summed E-state index contributed by atoms with van der Waals surface area (Å²) in [6.45, 7) is 2.19. The molecule has 0 spiro atoms. The van der Waals surface area contributed by atoms with Crippen molar-refractivity contribution in [2.45, 2.75) is 25.9 Å². The van der Waals surface area contributed by atoms with Crippen molar-refractivity contribution in [2.75, 3.05) is 0 Å². The lowest BCUT2D eigenvalue weighted by molar-refractivity contribution is -0.135. The topological polar surface area (TPSA) is 70.4 Å². The van der Waals surface area contributed by atoms with Gasteiger partial charge in [0.05, 0.1) is 17.7 Å². The Labute approximate surface area is 162 Å². The van der Waals surface area contributed by atoms with Gasteiger partial charge in [0.2, 0.25) is 0 Å². The van der Waals surface area contributed by atoms with Crippen molar-refractivity contribution in [3.05, 3.63) is 87.6 Å². The summed E-state index contributed by atoms with van der Waals surface area (Å²) >= 11 is 0. The summed E-state index contributed by atoms with van der Waals surface area (Å²) in [7, 11) is 1.72. The Morgan fingerprint density at radius 2 is 1.96 bits per heavy atom. The Balaban J connectivity index is 1.61. The largest absolute Gasteiger partial charge is 0.487 e. The molecule has 6 heteroatoms. The number of hydrogen-bond acceptors (Lipinski definition) is 5. The van der Waals surface area contributed by atoms with E-state index in [2.05, 4.69) is 4.98 Å². The standard InChI is InChI=1S/C22H20N2O4/c1-14-11-19-21(22(26)24(14)2)18(12-20(25)28-19)15-6-8-17(9-7-15)27-13-16-5-3-4-10-23-16/h3-11,18H,12-13H2,1-2H3/t18-/m1/s1. The molecular weight excluding hydrogens is 356 g/mol. The number of aromatic nitrogens is 2. The van der Waals surface area contributed by atoms with Crippen molar-refractivity contribution in [1.82, 2.24) is 9.55 Å². The summed E-state index contributed by atoms with van der Waals surface area (Å²) < 4.78 is 12.7. The van der Waals surface area contributed by atoms with E-state index in [0.717, 1.165) is 17.0 Å². The summed E-state index contributed by atoms with van der Waals surface area (Å²) in [5, 5.41) is 0. The number of esters is 1. The van der Waals surface area contributed by atoms with E-state index in [1.165, 1.54) is 0 Å². The first-order valence-corrected chi connectivity index (χ1v) is 9.07. The van der Waals surface area contributed by atoms with Crippen LogP contribution in [0.4, 0.5) is 0 Å². The quantitative estimate of drug-likeness (QED) is 0.655. The fraction of sp³-hybridized carbons (Fsp3) is 0.227. The van der Waals surface area contributed by atoms with Gasteiger partial charge in [0.15, 0.2) is 0 Å². The predicted octanol–water partition coefficient (Wildman–Crippen LogP) is 3.11.